The van der Waals surface area contributed by atoms with Crippen LogP contribution in [0.4, 0.5) is 0 Å². The predicted octanol–water partition coefficient (Wildman–Crippen LogP) is 2.82. The fourth-order valence-electron chi connectivity index (χ4n) is 2.77. The first-order valence-electron chi connectivity index (χ1n) is 7.14. The van der Waals surface area contributed by atoms with Crippen LogP contribution < -0.4 is 5.32 Å². The zero-order valence-electron chi connectivity index (χ0n) is 12.1. The summed E-state index contributed by atoms with van der Waals surface area (Å²) in [6, 6.07) is 10.7. The number of fused-ring (bicyclic) bond motifs is 1. The summed E-state index contributed by atoms with van der Waals surface area (Å²) in [7, 11) is 0. The largest absolute Gasteiger partial charge is 0.313 e. The zero-order chi connectivity index (χ0) is 13.1. The van der Waals surface area contributed by atoms with Gasteiger partial charge in [0, 0.05) is 31.2 Å². The molecule has 1 aromatic rings. The Morgan fingerprint density at radius 1 is 1.17 bits per heavy atom. The lowest BCUT2D eigenvalue weighted by atomic mass is 9.93. The Morgan fingerprint density at radius 2 is 1.83 bits per heavy atom. The van der Waals surface area contributed by atoms with Crippen LogP contribution in [0.25, 0.3) is 0 Å². The van der Waals surface area contributed by atoms with E-state index in [1.54, 1.807) is 0 Å². The zero-order valence-corrected chi connectivity index (χ0v) is 12.1. The second kappa shape index (κ2) is 5.85. The molecule has 2 nitrogen and oxygen atoms in total. The number of hydrogen-bond donors (Lipinski definition) is 1. The molecule has 0 saturated carbocycles. The minimum atomic E-state index is 0.566. The van der Waals surface area contributed by atoms with Crippen molar-refractivity contribution < 1.29 is 0 Å². The van der Waals surface area contributed by atoms with Gasteiger partial charge in [0.25, 0.3) is 0 Å². The van der Waals surface area contributed by atoms with Gasteiger partial charge in [0.2, 0.25) is 0 Å². The lowest BCUT2D eigenvalue weighted by Gasteiger charge is -2.40. The predicted molar refractivity (Wildman–Crippen MR) is 77.8 cm³/mol. The standard InChI is InChI=1S/C16H26N2/c1-12(2)17-10-16-9-14-7-5-6-8-15(14)11-18(16)13(3)4/h5-8,12-13,16-17H,9-11H2,1-4H3. The van der Waals surface area contributed by atoms with E-state index in [4.69, 9.17) is 0 Å². The molecule has 1 heterocycles. The van der Waals surface area contributed by atoms with Gasteiger partial charge in [-0.2, -0.15) is 0 Å². The number of nitrogens with zero attached hydrogens (tertiary/aromatic N) is 1. The van der Waals surface area contributed by atoms with E-state index < -0.39 is 0 Å². The Bertz CT molecular complexity index is 384. The quantitative estimate of drug-likeness (QED) is 0.879. The van der Waals surface area contributed by atoms with Gasteiger partial charge in [-0.25, -0.2) is 0 Å². The molecule has 2 rings (SSSR count). The Hall–Kier alpha value is -0.860. The van der Waals surface area contributed by atoms with Crippen LogP contribution in [-0.2, 0) is 13.0 Å². The average molecular weight is 246 g/mol. The van der Waals surface area contributed by atoms with Gasteiger partial charge in [0.05, 0.1) is 0 Å². The molecule has 0 aromatic heterocycles. The van der Waals surface area contributed by atoms with Crippen LogP contribution in [0.15, 0.2) is 24.3 Å². The highest BCUT2D eigenvalue weighted by Gasteiger charge is 2.27. The van der Waals surface area contributed by atoms with Gasteiger partial charge in [0.1, 0.15) is 0 Å². The van der Waals surface area contributed by atoms with E-state index in [-0.39, 0.29) is 0 Å². The van der Waals surface area contributed by atoms with E-state index in [2.05, 4.69) is 62.2 Å². The van der Waals surface area contributed by atoms with E-state index in [9.17, 15) is 0 Å². The van der Waals surface area contributed by atoms with Crippen LogP contribution in [0.2, 0.25) is 0 Å². The van der Waals surface area contributed by atoms with Gasteiger partial charge in [-0.05, 0) is 31.4 Å². The van der Waals surface area contributed by atoms with Crippen LogP contribution in [-0.4, -0.2) is 29.6 Å². The van der Waals surface area contributed by atoms with E-state index in [1.807, 2.05) is 0 Å². The molecule has 2 heteroatoms. The van der Waals surface area contributed by atoms with Gasteiger partial charge in [-0.15, -0.1) is 0 Å². The van der Waals surface area contributed by atoms with Gasteiger partial charge in [0.15, 0.2) is 0 Å². The van der Waals surface area contributed by atoms with Crippen molar-refractivity contribution in [2.75, 3.05) is 6.54 Å². The smallest absolute Gasteiger partial charge is 0.0267 e. The lowest BCUT2D eigenvalue weighted by molar-refractivity contribution is 0.126. The highest BCUT2D eigenvalue weighted by Crippen LogP contribution is 2.24. The highest BCUT2D eigenvalue weighted by atomic mass is 15.2. The molecule has 1 aliphatic rings. The van der Waals surface area contributed by atoms with Crippen molar-refractivity contribution in [3.8, 4) is 0 Å². The van der Waals surface area contributed by atoms with Crippen LogP contribution in [0.5, 0.6) is 0 Å². The summed E-state index contributed by atoms with van der Waals surface area (Å²) < 4.78 is 0. The Morgan fingerprint density at radius 3 is 2.44 bits per heavy atom. The summed E-state index contributed by atoms with van der Waals surface area (Å²) in [5, 5.41) is 3.59. The molecule has 18 heavy (non-hydrogen) atoms. The molecule has 0 aliphatic carbocycles. The van der Waals surface area contributed by atoms with E-state index in [0.717, 1.165) is 13.1 Å². The Labute approximate surface area is 111 Å². The third-order valence-electron chi connectivity index (χ3n) is 3.82. The molecule has 1 aromatic carbocycles. The van der Waals surface area contributed by atoms with Gasteiger partial charge in [-0.3, -0.25) is 4.90 Å². The lowest BCUT2D eigenvalue weighted by Crippen LogP contribution is -2.50. The fraction of sp³-hybridized carbons (Fsp3) is 0.625. The molecule has 1 N–H and O–H groups in total. The number of benzene rings is 1. The first-order chi connectivity index (χ1) is 8.58. The number of hydrogen-bond acceptors (Lipinski definition) is 2. The van der Waals surface area contributed by atoms with Crippen molar-refractivity contribution in [3.63, 3.8) is 0 Å². The molecule has 0 amide bonds. The maximum absolute atomic E-state index is 3.59. The molecule has 1 atom stereocenters. The summed E-state index contributed by atoms with van der Waals surface area (Å²) in [6.07, 6.45) is 1.17. The molecule has 0 fully saturated rings. The van der Waals surface area contributed by atoms with Crippen molar-refractivity contribution in [3.05, 3.63) is 35.4 Å². The van der Waals surface area contributed by atoms with Crippen LogP contribution in [0.1, 0.15) is 38.8 Å². The molecule has 0 radical (unpaired) electrons. The van der Waals surface area contributed by atoms with Crippen LogP contribution in [0, 0.1) is 0 Å². The summed E-state index contributed by atoms with van der Waals surface area (Å²) >= 11 is 0. The first kappa shape index (κ1) is 13.6. The van der Waals surface area contributed by atoms with E-state index in [0.29, 0.717) is 18.1 Å². The summed E-state index contributed by atoms with van der Waals surface area (Å²) in [4.78, 5) is 2.62. The molecular formula is C16H26N2. The molecule has 0 spiro atoms. The van der Waals surface area contributed by atoms with Gasteiger partial charge in [-0.1, -0.05) is 38.1 Å². The van der Waals surface area contributed by atoms with Gasteiger partial charge >= 0.3 is 0 Å². The van der Waals surface area contributed by atoms with Crippen LogP contribution in [0.3, 0.4) is 0 Å². The van der Waals surface area contributed by atoms with Crippen molar-refractivity contribution in [1.29, 1.82) is 0 Å². The molecule has 1 aliphatic heterocycles. The maximum Gasteiger partial charge on any atom is 0.0267 e. The van der Waals surface area contributed by atoms with Crippen LogP contribution >= 0.6 is 0 Å². The van der Waals surface area contributed by atoms with Crippen molar-refractivity contribution in [1.82, 2.24) is 10.2 Å². The molecule has 1 unspecified atom stereocenters. The Balaban J connectivity index is 2.13. The molecule has 0 saturated heterocycles. The number of rotatable bonds is 4. The van der Waals surface area contributed by atoms with Gasteiger partial charge < -0.3 is 5.32 Å². The number of nitrogens with one attached hydrogen (secondary N) is 1. The minimum absolute atomic E-state index is 0.566. The SMILES string of the molecule is CC(C)NCC1Cc2ccccc2CN1C(C)C. The molecular weight excluding hydrogens is 220 g/mol. The summed E-state index contributed by atoms with van der Waals surface area (Å²) in [6.45, 7) is 11.2. The Kier molecular flexibility index (Phi) is 4.41. The minimum Gasteiger partial charge on any atom is -0.313 e. The van der Waals surface area contributed by atoms with Crippen molar-refractivity contribution >= 4 is 0 Å². The second-order valence-electron chi connectivity index (χ2n) is 5.96. The third-order valence-corrected chi connectivity index (χ3v) is 3.82. The normalized spacial score (nSPS) is 20.4. The molecule has 100 valence electrons. The topological polar surface area (TPSA) is 15.3 Å². The maximum atomic E-state index is 3.59. The van der Waals surface area contributed by atoms with E-state index in [1.165, 1.54) is 17.5 Å². The fourth-order valence-corrected chi connectivity index (χ4v) is 2.77. The van der Waals surface area contributed by atoms with Crippen molar-refractivity contribution in [2.24, 2.45) is 0 Å². The van der Waals surface area contributed by atoms with Crippen molar-refractivity contribution in [2.45, 2.75) is 58.8 Å². The van der Waals surface area contributed by atoms with E-state index >= 15 is 0 Å². The second-order valence-corrected chi connectivity index (χ2v) is 5.96. The first-order valence-corrected chi connectivity index (χ1v) is 7.14. The average Bonchev–Trinajstić information content (AvgIpc) is 2.35. The summed E-state index contributed by atoms with van der Waals surface area (Å²) in [5.41, 5.74) is 3.04. The molecule has 0 bridgehead atoms. The third kappa shape index (κ3) is 3.12. The highest BCUT2D eigenvalue weighted by molar-refractivity contribution is 5.30. The monoisotopic (exact) mass is 246 g/mol. The summed E-state index contributed by atoms with van der Waals surface area (Å²) in [5.74, 6) is 0.